The molecule has 0 radical (unpaired) electrons. The van der Waals surface area contributed by atoms with Crippen molar-refractivity contribution in [3.8, 4) is 17.1 Å². The molecule has 3 aromatic rings. The molecule has 1 N–H and O–H groups in total. The number of nitrogens with one attached hydrogen (secondary N) is 1. The summed E-state index contributed by atoms with van der Waals surface area (Å²) in [5, 5.41) is 11.5. The van der Waals surface area contributed by atoms with Crippen molar-refractivity contribution in [3.63, 3.8) is 0 Å². The summed E-state index contributed by atoms with van der Waals surface area (Å²) in [6.45, 7) is 0. The van der Waals surface area contributed by atoms with Gasteiger partial charge in [0.25, 0.3) is 0 Å². The Morgan fingerprint density at radius 1 is 1.20 bits per heavy atom. The van der Waals surface area contributed by atoms with E-state index in [2.05, 4.69) is 31.2 Å². The lowest BCUT2D eigenvalue weighted by molar-refractivity contribution is 0.415. The van der Waals surface area contributed by atoms with Gasteiger partial charge >= 0.3 is 0 Å². The zero-order valence-corrected chi connectivity index (χ0v) is 15.8. The normalized spacial score (nSPS) is 11.8. The van der Waals surface area contributed by atoms with Crippen LogP contribution in [0.25, 0.3) is 17.5 Å². The number of nitrogens with zero attached hydrogens (tertiary/aromatic N) is 3. The summed E-state index contributed by atoms with van der Waals surface area (Å²) in [4.78, 5) is 0. The van der Waals surface area contributed by atoms with Gasteiger partial charge in [-0.1, -0.05) is 30.3 Å². The van der Waals surface area contributed by atoms with E-state index in [0.717, 1.165) is 21.4 Å². The first-order valence-electron chi connectivity index (χ1n) is 7.46. The molecule has 0 atom stereocenters. The van der Waals surface area contributed by atoms with Crippen LogP contribution in [0.2, 0.25) is 0 Å². The molecule has 0 spiro atoms. The summed E-state index contributed by atoms with van der Waals surface area (Å²) in [7, 11) is 1.63. The summed E-state index contributed by atoms with van der Waals surface area (Å²) in [6, 6.07) is 17.5. The van der Waals surface area contributed by atoms with Crippen LogP contribution in [0.5, 0.6) is 5.75 Å². The van der Waals surface area contributed by atoms with Gasteiger partial charge in [-0.05, 0) is 64.1 Å². The van der Waals surface area contributed by atoms with Gasteiger partial charge in [-0.25, -0.2) is 5.10 Å². The molecule has 5 nitrogen and oxygen atoms in total. The number of hydrogen-bond acceptors (Lipinski definition) is 4. The average molecular weight is 415 g/mol. The summed E-state index contributed by atoms with van der Waals surface area (Å²) >= 11 is 8.78. The van der Waals surface area contributed by atoms with E-state index >= 15 is 0 Å². The maximum atomic E-state index is 5.27. The molecule has 7 heteroatoms. The fraction of sp³-hybridized carbons (Fsp3) is 0.0556. The number of halogens is 1. The van der Waals surface area contributed by atoms with Crippen molar-refractivity contribution >= 4 is 40.4 Å². The van der Waals surface area contributed by atoms with Crippen molar-refractivity contribution in [2.75, 3.05) is 7.11 Å². The van der Waals surface area contributed by atoms with Gasteiger partial charge in [-0.15, -0.1) is 0 Å². The molecule has 0 amide bonds. The molecule has 0 saturated carbocycles. The van der Waals surface area contributed by atoms with Crippen LogP contribution in [0.15, 0.2) is 64.2 Å². The Morgan fingerprint density at radius 3 is 2.60 bits per heavy atom. The highest BCUT2D eigenvalue weighted by Crippen LogP contribution is 2.21. The van der Waals surface area contributed by atoms with Gasteiger partial charge in [-0.3, -0.25) is 0 Å². The number of ether oxygens (including phenoxy) is 1. The lowest BCUT2D eigenvalue weighted by Gasteiger charge is -2.03. The molecular formula is C18H15BrN4OS. The van der Waals surface area contributed by atoms with E-state index in [4.69, 9.17) is 17.0 Å². The Bertz CT molecular complexity index is 959. The largest absolute Gasteiger partial charge is 0.497 e. The zero-order valence-electron chi connectivity index (χ0n) is 13.4. The Morgan fingerprint density at radius 2 is 1.92 bits per heavy atom. The molecule has 1 heterocycles. The van der Waals surface area contributed by atoms with E-state index in [1.807, 2.05) is 60.7 Å². The summed E-state index contributed by atoms with van der Waals surface area (Å²) < 4.78 is 8.00. The molecule has 0 saturated heterocycles. The number of rotatable bonds is 5. The van der Waals surface area contributed by atoms with Crippen LogP contribution < -0.4 is 4.74 Å². The van der Waals surface area contributed by atoms with Gasteiger partial charge < -0.3 is 4.74 Å². The van der Waals surface area contributed by atoms with Gasteiger partial charge in [0.1, 0.15) is 5.75 Å². The first-order chi connectivity index (χ1) is 12.2. The molecule has 25 heavy (non-hydrogen) atoms. The molecule has 2 aromatic carbocycles. The molecular weight excluding hydrogens is 400 g/mol. The van der Waals surface area contributed by atoms with E-state index in [-0.39, 0.29) is 0 Å². The minimum atomic E-state index is 0.419. The van der Waals surface area contributed by atoms with Crippen LogP contribution in [-0.2, 0) is 0 Å². The van der Waals surface area contributed by atoms with Gasteiger partial charge in [-0.2, -0.15) is 14.9 Å². The maximum Gasteiger partial charge on any atom is 0.216 e. The minimum absolute atomic E-state index is 0.419. The van der Waals surface area contributed by atoms with Crippen LogP contribution in [-0.4, -0.2) is 28.2 Å². The van der Waals surface area contributed by atoms with Gasteiger partial charge in [0.05, 0.1) is 13.3 Å². The number of H-pyrrole nitrogens is 1. The first kappa shape index (κ1) is 17.3. The van der Waals surface area contributed by atoms with E-state index in [1.54, 1.807) is 18.0 Å². The second kappa shape index (κ2) is 8.04. The smallest absolute Gasteiger partial charge is 0.216 e. The Kier molecular flexibility index (Phi) is 5.57. The predicted molar refractivity (Wildman–Crippen MR) is 107 cm³/mol. The number of methoxy groups -OCH3 is 1. The number of aromatic nitrogens is 3. The second-order valence-corrected chi connectivity index (χ2v) is 6.38. The quantitative estimate of drug-likeness (QED) is 0.477. The van der Waals surface area contributed by atoms with E-state index in [9.17, 15) is 0 Å². The highest BCUT2D eigenvalue weighted by molar-refractivity contribution is 9.12. The average Bonchev–Trinajstić information content (AvgIpc) is 3.01. The standard InChI is InChI=1S/C18H15BrN4OS/c1-24-16-9-7-14(8-10-16)17-21-22-18(25)23(17)20-12-15(19)11-13-5-3-2-4-6-13/h2-12H,1H3,(H,22,25)/b15-11-,20-12?. The lowest BCUT2D eigenvalue weighted by Crippen LogP contribution is -1.94. The fourth-order valence-electron chi connectivity index (χ4n) is 2.18. The van der Waals surface area contributed by atoms with Crippen LogP contribution in [0.3, 0.4) is 0 Å². The van der Waals surface area contributed by atoms with E-state index in [1.165, 1.54) is 0 Å². The van der Waals surface area contributed by atoms with Crippen molar-refractivity contribution < 1.29 is 4.74 Å². The maximum absolute atomic E-state index is 5.27. The summed E-state index contributed by atoms with van der Waals surface area (Å²) in [6.07, 6.45) is 3.66. The Balaban J connectivity index is 1.89. The number of benzene rings is 2. The topological polar surface area (TPSA) is 55.2 Å². The van der Waals surface area contributed by atoms with Crippen molar-refractivity contribution in [3.05, 3.63) is 69.4 Å². The zero-order chi connectivity index (χ0) is 17.6. The fourth-order valence-corrected chi connectivity index (χ4v) is 2.72. The minimum Gasteiger partial charge on any atom is -0.497 e. The number of aromatic amines is 1. The van der Waals surface area contributed by atoms with Crippen LogP contribution in [0, 0.1) is 4.77 Å². The monoisotopic (exact) mass is 414 g/mol. The molecule has 0 bridgehead atoms. The SMILES string of the molecule is COc1ccc(-c2n[nH]c(=S)n2N=C/C(Br)=C/c2ccccc2)cc1. The van der Waals surface area contributed by atoms with Gasteiger partial charge in [0.15, 0.2) is 5.82 Å². The summed E-state index contributed by atoms with van der Waals surface area (Å²) in [5.74, 6) is 1.41. The van der Waals surface area contributed by atoms with Gasteiger partial charge in [0.2, 0.25) is 4.77 Å². The molecule has 3 rings (SSSR count). The first-order valence-corrected chi connectivity index (χ1v) is 8.66. The van der Waals surface area contributed by atoms with E-state index < -0.39 is 0 Å². The molecule has 0 unspecified atom stereocenters. The molecule has 126 valence electrons. The third-order valence-corrected chi connectivity index (χ3v) is 4.10. The van der Waals surface area contributed by atoms with Crippen LogP contribution >= 0.6 is 28.1 Å². The Hall–Kier alpha value is -2.51. The predicted octanol–water partition coefficient (Wildman–Crippen LogP) is 4.89. The van der Waals surface area contributed by atoms with Gasteiger partial charge in [0, 0.05) is 10.0 Å². The molecule has 0 fully saturated rings. The second-order valence-electron chi connectivity index (χ2n) is 5.08. The highest BCUT2D eigenvalue weighted by atomic mass is 79.9. The Labute approximate surface area is 158 Å². The number of hydrogen-bond donors (Lipinski definition) is 1. The number of allylic oxidation sites excluding steroid dienone is 1. The highest BCUT2D eigenvalue weighted by Gasteiger charge is 2.08. The lowest BCUT2D eigenvalue weighted by atomic mass is 10.2. The van der Waals surface area contributed by atoms with E-state index in [0.29, 0.717) is 10.6 Å². The van der Waals surface area contributed by atoms with Crippen LogP contribution in [0.1, 0.15) is 5.56 Å². The third kappa shape index (κ3) is 4.32. The third-order valence-electron chi connectivity index (χ3n) is 3.40. The summed E-state index contributed by atoms with van der Waals surface area (Å²) in [5.41, 5.74) is 1.96. The van der Waals surface area contributed by atoms with Crippen LogP contribution in [0.4, 0.5) is 0 Å². The van der Waals surface area contributed by atoms with Crippen molar-refractivity contribution in [1.29, 1.82) is 0 Å². The van der Waals surface area contributed by atoms with Crippen molar-refractivity contribution in [1.82, 2.24) is 14.9 Å². The molecule has 0 aliphatic carbocycles. The molecule has 0 aliphatic heterocycles. The molecule has 1 aromatic heterocycles. The van der Waals surface area contributed by atoms with Crippen molar-refractivity contribution in [2.24, 2.45) is 5.10 Å². The molecule has 0 aliphatic rings. The van der Waals surface area contributed by atoms with Crippen molar-refractivity contribution in [2.45, 2.75) is 0 Å².